The van der Waals surface area contributed by atoms with Crippen LogP contribution in [-0.2, 0) is 19.6 Å². The Hall–Kier alpha value is -3.60. The Kier molecular flexibility index (Phi) is 7.82. The summed E-state index contributed by atoms with van der Waals surface area (Å²) in [5.74, 6) is -1.24. The van der Waals surface area contributed by atoms with Gasteiger partial charge in [-0.3, -0.25) is 30.0 Å². The van der Waals surface area contributed by atoms with E-state index >= 15 is 0 Å². The molecule has 0 bridgehead atoms. The number of rotatable bonds is 7. The lowest BCUT2D eigenvalue weighted by Gasteiger charge is -2.18. The van der Waals surface area contributed by atoms with Gasteiger partial charge < -0.3 is 10.1 Å². The van der Waals surface area contributed by atoms with Crippen molar-refractivity contribution in [2.24, 2.45) is 0 Å². The molecule has 0 saturated heterocycles. The van der Waals surface area contributed by atoms with Crippen LogP contribution < -0.4 is 25.6 Å². The van der Waals surface area contributed by atoms with Crippen molar-refractivity contribution in [2.45, 2.75) is 33.8 Å². The summed E-state index contributed by atoms with van der Waals surface area (Å²) in [6.45, 7) is 6.61. The first kappa shape index (κ1) is 24.7. The van der Waals surface area contributed by atoms with Crippen LogP contribution in [0.15, 0.2) is 36.4 Å². The van der Waals surface area contributed by atoms with Gasteiger partial charge in [0.15, 0.2) is 6.10 Å². The first-order valence-electron chi connectivity index (χ1n) is 9.60. The predicted molar refractivity (Wildman–Crippen MR) is 121 cm³/mol. The third-order valence-electron chi connectivity index (χ3n) is 4.41. The number of hydrazine groups is 1. The Morgan fingerprint density at radius 3 is 2.34 bits per heavy atom. The second kappa shape index (κ2) is 10.1. The Morgan fingerprint density at radius 1 is 1.03 bits per heavy atom. The molecule has 0 fully saturated rings. The fourth-order valence-corrected chi connectivity index (χ4v) is 3.26. The molecule has 11 heteroatoms. The van der Waals surface area contributed by atoms with Gasteiger partial charge in [0.25, 0.3) is 11.8 Å². The number of ether oxygens (including phenoxy) is 1. The average molecular weight is 463 g/mol. The molecule has 2 aromatic carbocycles. The molecule has 0 aliphatic heterocycles. The predicted octanol–water partition coefficient (Wildman–Crippen LogP) is 1.86. The highest BCUT2D eigenvalue weighted by molar-refractivity contribution is 7.92. The summed E-state index contributed by atoms with van der Waals surface area (Å²) in [6, 6.07) is 9.51. The number of hydrogen-bond donors (Lipinski definition) is 4. The van der Waals surface area contributed by atoms with E-state index in [-0.39, 0.29) is 22.8 Å². The summed E-state index contributed by atoms with van der Waals surface area (Å²) in [5, 5.41) is 2.51. The molecule has 1 unspecified atom stereocenters. The quantitative estimate of drug-likeness (QED) is 0.463. The van der Waals surface area contributed by atoms with Crippen molar-refractivity contribution in [3.8, 4) is 5.75 Å². The van der Waals surface area contributed by atoms with E-state index in [1.54, 1.807) is 6.07 Å². The zero-order valence-electron chi connectivity index (χ0n) is 18.4. The highest BCUT2D eigenvalue weighted by Crippen LogP contribution is 2.23. The summed E-state index contributed by atoms with van der Waals surface area (Å²) < 4.78 is 31.1. The first-order chi connectivity index (χ1) is 14.9. The monoisotopic (exact) mass is 462 g/mol. The fraction of sp³-hybridized carbons (Fsp3) is 0.286. The van der Waals surface area contributed by atoms with Gasteiger partial charge in [-0.2, -0.15) is 0 Å². The molecule has 0 aliphatic carbocycles. The van der Waals surface area contributed by atoms with Crippen LogP contribution in [0.1, 0.15) is 35.3 Å². The number of hydrogen-bond acceptors (Lipinski definition) is 6. The Balaban J connectivity index is 2.13. The molecule has 0 saturated carbocycles. The van der Waals surface area contributed by atoms with Gasteiger partial charge in [0.1, 0.15) is 5.75 Å². The molecule has 2 rings (SSSR count). The number of benzene rings is 2. The van der Waals surface area contributed by atoms with Gasteiger partial charge in [0.05, 0.1) is 17.5 Å². The first-order valence-corrected chi connectivity index (χ1v) is 11.5. The third kappa shape index (κ3) is 6.98. The van der Waals surface area contributed by atoms with Crippen molar-refractivity contribution < 1.29 is 27.5 Å². The molecular weight excluding hydrogens is 436 g/mol. The van der Waals surface area contributed by atoms with Crippen molar-refractivity contribution in [3.63, 3.8) is 0 Å². The van der Waals surface area contributed by atoms with Gasteiger partial charge in [-0.25, -0.2) is 8.42 Å². The van der Waals surface area contributed by atoms with Crippen molar-refractivity contribution in [1.82, 2.24) is 10.9 Å². The Bertz CT molecular complexity index is 1150. The minimum absolute atomic E-state index is 0.0203. The van der Waals surface area contributed by atoms with Crippen molar-refractivity contribution in [2.75, 3.05) is 16.3 Å². The zero-order valence-corrected chi connectivity index (χ0v) is 19.2. The molecule has 3 amide bonds. The van der Waals surface area contributed by atoms with Crippen LogP contribution in [0.4, 0.5) is 11.4 Å². The molecule has 0 heterocycles. The maximum absolute atomic E-state index is 12.7. The van der Waals surface area contributed by atoms with E-state index in [4.69, 9.17) is 4.74 Å². The van der Waals surface area contributed by atoms with Gasteiger partial charge in [0.2, 0.25) is 15.9 Å². The van der Waals surface area contributed by atoms with Gasteiger partial charge in [-0.15, -0.1) is 0 Å². The van der Waals surface area contributed by atoms with Crippen LogP contribution in [0.5, 0.6) is 5.75 Å². The highest BCUT2D eigenvalue weighted by Gasteiger charge is 2.19. The van der Waals surface area contributed by atoms with Gasteiger partial charge >= 0.3 is 0 Å². The Labute approximate surface area is 186 Å². The molecule has 172 valence electrons. The van der Waals surface area contributed by atoms with Crippen LogP contribution in [0, 0.1) is 13.8 Å². The normalized spacial score (nSPS) is 11.8. The number of carbonyl (C=O) groups excluding carboxylic acids is 3. The lowest BCUT2D eigenvalue weighted by atomic mass is 10.1. The van der Waals surface area contributed by atoms with E-state index in [0.29, 0.717) is 5.75 Å². The lowest BCUT2D eigenvalue weighted by Crippen LogP contribution is -2.47. The number of aryl methyl sites for hydroxylation is 1. The number of nitrogens with one attached hydrogen (secondary N) is 4. The molecule has 32 heavy (non-hydrogen) atoms. The zero-order chi connectivity index (χ0) is 24.1. The van der Waals surface area contributed by atoms with Gasteiger partial charge in [-0.05, 0) is 56.2 Å². The van der Waals surface area contributed by atoms with E-state index in [0.717, 1.165) is 17.4 Å². The maximum Gasteiger partial charge on any atom is 0.279 e. The SMILES string of the molecule is CC(=O)Nc1ccc(NS(C)(=O)=O)c(C(=O)NNC(=O)C(C)Oc2cccc(C)c2C)c1. The highest BCUT2D eigenvalue weighted by atomic mass is 32.2. The summed E-state index contributed by atoms with van der Waals surface area (Å²) in [5.41, 5.74) is 6.54. The standard InChI is InChI=1S/C21H26N4O6S/c1-12-7-6-8-19(13(12)2)31-14(3)20(27)23-24-21(28)17-11-16(22-15(4)26)9-10-18(17)25-32(5,29)30/h6-11,14,25H,1-5H3,(H,22,26)(H,23,27)(H,24,28). The van der Waals surface area contributed by atoms with Crippen LogP contribution in [0.25, 0.3) is 0 Å². The fourth-order valence-electron chi connectivity index (χ4n) is 2.69. The summed E-state index contributed by atoms with van der Waals surface area (Å²) in [7, 11) is -3.68. The number of anilines is 2. The molecule has 0 aromatic heterocycles. The van der Waals surface area contributed by atoms with Crippen molar-refractivity contribution in [1.29, 1.82) is 0 Å². The second-order valence-corrected chi connectivity index (χ2v) is 8.97. The average Bonchev–Trinajstić information content (AvgIpc) is 2.69. The van der Waals surface area contributed by atoms with E-state index < -0.39 is 27.9 Å². The summed E-state index contributed by atoms with van der Waals surface area (Å²) in [4.78, 5) is 36.3. The van der Waals surface area contributed by atoms with Crippen LogP contribution in [0.3, 0.4) is 0 Å². The third-order valence-corrected chi connectivity index (χ3v) is 5.00. The minimum Gasteiger partial charge on any atom is -0.481 e. The van der Waals surface area contributed by atoms with Crippen LogP contribution >= 0.6 is 0 Å². The lowest BCUT2D eigenvalue weighted by molar-refractivity contribution is -0.128. The summed E-state index contributed by atoms with van der Waals surface area (Å²) >= 11 is 0. The topological polar surface area (TPSA) is 143 Å². The van der Waals surface area contributed by atoms with Crippen molar-refractivity contribution >= 4 is 39.1 Å². The molecule has 0 radical (unpaired) electrons. The largest absolute Gasteiger partial charge is 0.481 e. The summed E-state index contributed by atoms with van der Waals surface area (Å²) in [6.07, 6.45) is 0.0138. The molecule has 0 spiro atoms. The van der Waals surface area contributed by atoms with Crippen LogP contribution in [-0.4, -0.2) is 38.5 Å². The van der Waals surface area contributed by atoms with E-state index in [1.165, 1.54) is 32.0 Å². The maximum atomic E-state index is 12.7. The Morgan fingerprint density at radius 2 is 1.72 bits per heavy atom. The molecule has 4 N–H and O–H groups in total. The molecule has 1 atom stereocenters. The molecular formula is C21H26N4O6S. The number of carbonyl (C=O) groups is 3. The van der Waals surface area contributed by atoms with Gasteiger partial charge in [-0.1, -0.05) is 12.1 Å². The molecule has 10 nitrogen and oxygen atoms in total. The van der Waals surface area contributed by atoms with Crippen molar-refractivity contribution in [3.05, 3.63) is 53.1 Å². The number of amides is 3. The molecule has 2 aromatic rings. The number of sulfonamides is 1. The van der Waals surface area contributed by atoms with Crippen LogP contribution in [0.2, 0.25) is 0 Å². The second-order valence-electron chi connectivity index (χ2n) is 7.22. The van der Waals surface area contributed by atoms with E-state index in [1.807, 2.05) is 26.0 Å². The van der Waals surface area contributed by atoms with E-state index in [2.05, 4.69) is 20.9 Å². The van der Waals surface area contributed by atoms with Gasteiger partial charge in [0, 0.05) is 12.6 Å². The molecule has 0 aliphatic rings. The van der Waals surface area contributed by atoms with E-state index in [9.17, 15) is 22.8 Å². The smallest absolute Gasteiger partial charge is 0.279 e. The minimum atomic E-state index is -3.68.